The summed E-state index contributed by atoms with van der Waals surface area (Å²) in [6, 6.07) is 10.2. The molecule has 0 spiro atoms. The third-order valence-electron chi connectivity index (χ3n) is 5.31. The Morgan fingerprint density at radius 1 is 1.32 bits per heavy atom. The average Bonchev–Trinajstić information content (AvgIpc) is 3.15. The molecule has 2 aromatic rings. The maximum atomic E-state index is 12.4. The van der Waals surface area contributed by atoms with Gasteiger partial charge >= 0.3 is 0 Å². The molecule has 1 fully saturated rings. The number of rotatable bonds is 5. The minimum Gasteiger partial charge on any atom is -0.379 e. The molecule has 31 heavy (non-hydrogen) atoms. The van der Waals surface area contributed by atoms with Crippen molar-refractivity contribution in [1.29, 1.82) is 5.26 Å². The highest BCUT2D eigenvalue weighted by atomic mass is 16.5. The van der Waals surface area contributed by atoms with Crippen molar-refractivity contribution in [3.8, 4) is 6.07 Å². The maximum Gasteiger partial charge on any atom is 0.240 e. The number of allylic oxidation sites excluding steroid dienone is 1. The van der Waals surface area contributed by atoms with Crippen LogP contribution in [0.2, 0.25) is 0 Å². The highest BCUT2D eigenvalue weighted by Gasteiger charge is 2.27. The van der Waals surface area contributed by atoms with Crippen LogP contribution in [0, 0.1) is 18.3 Å². The number of aryl methyl sites for hydroxylation is 1. The summed E-state index contributed by atoms with van der Waals surface area (Å²) in [5.74, 6) is 0.675. The summed E-state index contributed by atoms with van der Waals surface area (Å²) in [4.78, 5) is 25.3. The molecule has 1 aromatic carbocycles. The van der Waals surface area contributed by atoms with Gasteiger partial charge in [0.15, 0.2) is 0 Å². The molecular formula is C22H25N7O2. The number of ether oxygens (including phenoxy) is 1. The van der Waals surface area contributed by atoms with Crippen LogP contribution in [-0.2, 0) is 9.53 Å². The van der Waals surface area contributed by atoms with Gasteiger partial charge in [0.1, 0.15) is 17.5 Å². The molecule has 4 rings (SSSR count). The van der Waals surface area contributed by atoms with E-state index < -0.39 is 0 Å². The van der Waals surface area contributed by atoms with Gasteiger partial charge in [0, 0.05) is 25.8 Å². The number of hydrogen-bond donors (Lipinski definition) is 2. The Bertz CT molecular complexity index is 1050. The first-order valence-corrected chi connectivity index (χ1v) is 10.3. The van der Waals surface area contributed by atoms with Crippen LogP contribution in [0.5, 0.6) is 0 Å². The number of carbonyl (C=O) groups is 1. The maximum absolute atomic E-state index is 12.4. The summed E-state index contributed by atoms with van der Waals surface area (Å²) >= 11 is 0. The lowest BCUT2D eigenvalue weighted by atomic mass is 10.1. The fourth-order valence-electron chi connectivity index (χ4n) is 3.76. The Hall–Kier alpha value is -3.48. The second kappa shape index (κ2) is 9.12. The third-order valence-corrected chi connectivity index (χ3v) is 5.31. The first-order valence-electron chi connectivity index (χ1n) is 10.3. The monoisotopic (exact) mass is 419 g/mol. The molecule has 9 heteroatoms. The van der Waals surface area contributed by atoms with Crippen molar-refractivity contribution >= 4 is 28.8 Å². The zero-order valence-corrected chi connectivity index (χ0v) is 17.7. The van der Waals surface area contributed by atoms with Crippen molar-refractivity contribution in [2.75, 3.05) is 54.9 Å². The predicted molar refractivity (Wildman–Crippen MR) is 118 cm³/mol. The van der Waals surface area contributed by atoms with Crippen LogP contribution in [0.15, 0.2) is 36.3 Å². The van der Waals surface area contributed by atoms with E-state index in [1.807, 2.05) is 47.9 Å². The molecule has 0 saturated carbocycles. The summed E-state index contributed by atoms with van der Waals surface area (Å²) in [5, 5.41) is 16.1. The molecule has 9 nitrogen and oxygen atoms in total. The van der Waals surface area contributed by atoms with Crippen LogP contribution in [0.3, 0.4) is 0 Å². The number of para-hydroxylation sites is 2. The lowest BCUT2D eigenvalue weighted by Gasteiger charge is -2.25. The normalized spacial score (nSPS) is 17.5. The predicted octanol–water partition coefficient (Wildman–Crippen LogP) is 2.20. The number of anilines is 3. The van der Waals surface area contributed by atoms with Crippen LogP contribution in [0.4, 0.5) is 17.3 Å². The van der Waals surface area contributed by atoms with E-state index in [9.17, 15) is 10.1 Å². The minimum atomic E-state index is -0.190. The average molecular weight is 419 g/mol. The van der Waals surface area contributed by atoms with Crippen LogP contribution >= 0.6 is 0 Å². The SMILES string of the molecule is CCN1/C(=C(\C#N)c2nc(NC(=O)CN3CCOCC3)ncc2C)Nc2ccccc21. The molecular weight excluding hydrogens is 394 g/mol. The summed E-state index contributed by atoms with van der Waals surface area (Å²) < 4.78 is 5.31. The number of aromatic nitrogens is 2. The van der Waals surface area contributed by atoms with E-state index in [4.69, 9.17) is 4.74 Å². The zero-order valence-electron chi connectivity index (χ0n) is 17.7. The summed E-state index contributed by atoms with van der Waals surface area (Å²) in [5.41, 5.74) is 3.61. The quantitative estimate of drug-likeness (QED) is 0.711. The number of nitrogens with zero attached hydrogens (tertiary/aromatic N) is 5. The van der Waals surface area contributed by atoms with Gasteiger partial charge < -0.3 is 15.0 Å². The van der Waals surface area contributed by atoms with E-state index in [0.717, 1.165) is 30.0 Å². The van der Waals surface area contributed by atoms with Crippen molar-refractivity contribution in [2.24, 2.45) is 0 Å². The number of amides is 1. The second-order valence-electron chi connectivity index (χ2n) is 7.38. The van der Waals surface area contributed by atoms with Crippen LogP contribution in [0.1, 0.15) is 18.2 Å². The van der Waals surface area contributed by atoms with Gasteiger partial charge in [-0.2, -0.15) is 5.26 Å². The van der Waals surface area contributed by atoms with Gasteiger partial charge in [0.25, 0.3) is 0 Å². The second-order valence-corrected chi connectivity index (χ2v) is 7.38. The molecule has 0 atom stereocenters. The van der Waals surface area contributed by atoms with Crippen molar-refractivity contribution in [1.82, 2.24) is 14.9 Å². The molecule has 0 radical (unpaired) electrons. The van der Waals surface area contributed by atoms with Crippen molar-refractivity contribution in [2.45, 2.75) is 13.8 Å². The molecule has 1 amide bonds. The molecule has 2 aliphatic rings. The fourth-order valence-corrected chi connectivity index (χ4v) is 3.76. The van der Waals surface area contributed by atoms with E-state index in [-0.39, 0.29) is 18.4 Å². The van der Waals surface area contributed by atoms with E-state index >= 15 is 0 Å². The lowest BCUT2D eigenvalue weighted by molar-refractivity contribution is -0.118. The number of fused-ring (bicyclic) bond motifs is 1. The Kier molecular flexibility index (Phi) is 6.11. The van der Waals surface area contributed by atoms with Gasteiger partial charge in [-0.05, 0) is 31.5 Å². The standard InChI is InChI=1S/C22H25N7O2/c1-3-29-18-7-5-4-6-17(18)25-21(29)16(12-23)20-15(2)13-24-22(27-20)26-19(30)14-28-8-10-31-11-9-28/h4-7,13,25H,3,8-11,14H2,1-2H3,(H,24,26,27,30)/b21-16+. The number of nitrogens with one attached hydrogen (secondary N) is 2. The van der Waals surface area contributed by atoms with Gasteiger partial charge in [0.2, 0.25) is 11.9 Å². The molecule has 1 saturated heterocycles. The number of carbonyl (C=O) groups excluding carboxylic acids is 1. The molecule has 3 heterocycles. The van der Waals surface area contributed by atoms with Crippen LogP contribution in [-0.4, -0.2) is 60.2 Å². The van der Waals surface area contributed by atoms with Gasteiger partial charge in [-0.1, -0.05) is 12.1 Å². The highest BCUT2D eigenvalue weighted by molar-refractivity contribution is 5.93. The van der Waals surface area contributed by atoms with Gasteiger partial charge in [-0.15, -0.1) is 0 Å². The minimum absolute atomic E-state index is 0.186. The molecule has 2 aliphatic heterocycles. The molecule has 0 unspecified atom stereocenters. The number of nitriles is 1. The fraction of sp³-hybridized carbons (Fsp3) is 0.364. The number of benzene rings is 1. The smallest absolute Gasteiger partial charge is 0.240 e. The van der Waals surface area contributed by atoms with E-state index in [1.54, 1.807) is 6.20 Å². The summed E-state index contributed by atoms with van der Waals surface area (Å²) in [6.45, 7) is 7.52. The first-order chi connectivity index (χ1) is 15.1. The van der Waals surface area contributed by atoms with Crippen molar-refractivity contribution in [3.05, 3.63) is 47.5 Å². The van der Waals surface area contributed by atoms with Crippen molar-refractivity contribution < 1.29 is 9.53 Å². The molecule has 160 valence electrons. The van der Waals surface area contributed by atoms with E-state index in [0.29, 0.717) is 36.8 Å². The largest absolute Gasteiger partial charge is 0.379 e. The summed E-state index contributed by atoms with van der Waals surface area (Å²) in [7, 11) is 0. The van der Waals surface area contributed by atoms with Crippen LogP contribution in [0.25, 0.3) is 5.57 Å². The molecule has 2 N–H and O–H groups in total. The Morgan fingerprint density at radius 3 is 2.84 bits per heavy atom. The van der Waals surface area contributed by atoms with Crippen molar-refractivity contribution in [3.63, 3.8) is 0 Å². The van der Waals surface area contributed by atoms with E-state index in [1.165, 1.54) is 0 Å². The highest BCUT2D eigenvalue weighted by Crippen LogP contribution is 2.38. The summed E-state index contributed by atoms with van der Waals surface area (Å²) in [6.07, 6.45) is 1.63. The van der Waals surface area contributed by atoms with Gasteiger partial charge in [0.05, 0.1) is 36.8 Å². The molecule has 0 bridgehead atoms. The van der Waals surface area contributed by atoms with Gasteiger partial charge in [-0.25, -0.2) is 9.97 Å². The Balaban J connectivity index is 1.60. The number of morpholine rings is 1. The van der Waals surface area contributed by atoms with E-state index in [2.05, 4.69) is 26.7 Å². The Morgan fingerprint density at radius 2 is 2.10 bits per heavy atom. The topological polar surface area (TPSA) is 106 Å². The molecule has 1 aromatic heterocycles. The first kappa shape index (κ1) is 20.8. The Labute approximate surface area is 181 Å². The van der Waals surface area contributed by atoms with Crippen LogP contribution < -0.4 is 15.5 Å². The molecule has 0 aliphatic carbocycles. The van der Waals surface area contributed by atoms with Gasteiger partial charge in [-0.3, -0.25) is 15.0 Å². The lowest BCUT2D eigenvalue weighted by Crippen LogP contribution is -2.41. The third kappa shape index (κ3) is 4.35. The number of hydrogen-bond acceptors (Lipinski definition) is 8. The zero-order chi connectivity index (χ0) is 21.8.